The highest BCUT2D eigenvalue weighted by Gasteiger charge is 2.15. The number of aromatic nitrogens is 2. The van der Waals surface area contributed by atoms with Crippen LogP contribution in [-0.2, 0) is 4.79 Å². The number of anilines is 1. The molecule has 7 heteroatoms. The summed E-state index contributed by atoms with van der Waals surface area (Å²) in [5, 5.41) is 15.3. The van der Waals surface area contributed by atoms with Gasteiger partial charge in [0.05, 0.1) is 5.69 Å². The maximum absolute atomic E-state index is 11.9. The van der Waals surface area contributed by atoms with Crippen LogP contribution < -0.4 is 16.0 Å². The smallest absolute Gasteiger partial charge is 0.319 e. The number of rotatable bonds is 6. The molecular weight excluding hydrogens is 330 g/mol. The number of nitrogens with zero attached hydrogens (tertiary/aromatic N) is 1. The fourth-order valence-electron chi connectivity index (χ4n) is 3.16. The van der Waals surface area contributed by atoms with Gasteiger partial charge in [0.25, 0.3) is 0 Å². The Morgan fingerprint density at radius 2 is 1.85 bits per heavy atom. The van der Waals surface area contributed by atoms with Crippen LogP contribution in [0, 0.1) is 0 Å². The molecule has 1 aromatic carbocycles. The minimum absolute atomic E-state index is 0.00103. The second-order valence-corrected chi connectivity index (χ2v) is 6.58. The molecule has 1 aliphatic rings. The summed E-state index contributed by atoms with van der Waals surface area (Å²) >= 11 is 0. The highest BCUT2D eigenvalue weighted by Crippen LogP contribution is 2.19. The van der Waals surface area contributed by atoms with E-state index < -0.39 is 0 Å². The average Bonchev–Trinajstić information content (AvgIpc) is 3.18. The quantitative estimate of drug-likeness (QED) is 0.641. The standard InChI is InChI=1S/C19H25N5O2/c25-18(22-15-4-2-1-3-5-15)11-12-20-19(26)23-16-8-6-14(7-9-16)17-10-13-21-24-17/h6-10,13,15H,1-5,11-12H2,(H,21,24)(H,22,25)(H2,20,23,26). The van der Waals surface area contributed by atoms with Crippen LogP contribution in [0.3, 0.4) is 0 Å². The van der Waals surface area contributed by atoms with Gasteiger partial charge in [0.2, 0.25) is 5.91 Å². The van der Waals surface area contributed by atoms with Crippen molar-refractivity contribution in [2.45, 2.75) is 44.6 Å². The fourth-order valence-corrected chi connectivity index (χ4v) is 3.16. The molecule has 0 aliphatic heterocycles. The predicted molar refractivity (Wildman–Crippen MR) is 101 cm³/mol. The van der Waals surface area contributed by atoms with Gasteiger partial charge < -0.3 is 16.0 Å². The number of hydrogen-bond acceptors (Lipinski definition) is 3. The molecule has 7 nitrogen and oxygen atoms in total. The highest BCUT2D eigenvalue weighted by atomic mass is 16.2. The molecule has 0 unspecified atom stereocenters. The lowest BCUT2D eigenvalue weighted by molar-refractivity contribution is -0.121. The molecule has 3 amide bonds. The number of carbonyl (C=O) groups excluding carboxylic acids is 2. The highest BCUT2D eigenvalue weighted by molar-refractivity contribution is 5.89. The molecule has 2 aromatic rings. The molecule has 1 saturated carbocycles. The van der Waals surface area contributed by atoms with Gasteiger partial charge >= 0.3 is 6.03 Å². The van der Waals surface area contributed by atoms with Gasteiger partial charge in [-0.05, 0) is 36.6 Å². The summed E-state index contributed by atoms with van der Waals surface area (Å²) in [4.78, 5) is 23.8. The van der Waals surface area contributed by atoms with E-state index in [-0.39, 0.29) is 11.9 Å². The van der Waals surface area contributed by atoms with E-state index in [2.05, 4.69) is 26.1 Å². The molecule has 3 rings (SSSR count). The molecule has 1 heterocycles. The van der Waals surface area contributed by atoms with Crippen molar-refractivity contribution < 1.29 is 9.59 Å². The molecule has 138 valence electrons. The largest absolute Gasteiger partial charge is 0.353 e. The van der Waals surface area contributed by atoms with Gasteiger partial charge in [-0.3, -0.25) is 9.89 Å². The van der Waals surface area contributed by atoms with Crippen LogP contribution in [0.25, 0.3) is 11.3 Å². The number of hydrogen-bond donors (Lipinski definition) is 4. The normalized spacial score (nSPS) is 14.6. The van der Waals surface area contributed by atoms with Crippen LogP contribution in [0.5, 0.6) is 0 Å². The first kappa shape index (κ1) is 18.0. The monoisotopic (exact) mass is 355 g/mol. The molecule has 26 heavy (non-hydrogen) atoms. The molecule has 4 N–H and O–H groups in total. The Labute approximate surface area is 153 Å². The first-order chi connectivity index (χ1) is 12.7. The van der Waals surface area contributed by atoms with E-state index in [1.54, 1.807) is 6.20 Å². The molecule has 0 bridgehead atoms. The summed E-state index contributed by atoms with van der Waals surface area (Å²) in [6.45, 7) is 0.316. The molecule has 1 fully saturated rings. The van der Waals surface area contributed by atoms with Crippen LogP contribution in [-0.4, -0.2) is 34.7 Å². The van der Waals surface area contributed by atoms with Crippen molar-refractivity contribution in [3.05, 3.63) is 36.5 Å². The van der Waals surface area contributed by atoms with Gasteiger partial charge in [-0.15, -0.1) is 0 Å². The Kier molecular flexibility index (Phi) is 6.24. The van der Waals surface area contributed by atoms with E-state index >= 15 is 0 Å². The van der Waals surface area contributed by atoms with Crippen molar-refractivity contribution in [3.8, 4) is 11.3 Å². The third-order valence-corrected chi connectivity index (χ3v) is 4.56. The topological polar surface area (TPSA) is 98.9 Å². The van der Waals surface area contributed by atoms with E-state index in [0.29, 0.717) is 24.7 Å². The number of nitrogens with one attached hydrogen (secondary N) is 4. The van der Waals surface area contributed by atoms with Crippen LogP contribution in [0.15, 0.2) is 36.5 Å². The third kappa shape index (κ3) is 5.34. The Morgan fingerprint density at radius 3 is 2.54 bits per heavy atom. The average molecular weight is 355 g/mol. The van der Waals surface area contributed by atoms with Crippen LogP contribution >= 0.6 is 0 Å². The van der Waals surface area contributed by atoms with Crippen molar-refractivity contribution in [3.63, 3.8) is 0 Å². The summed E-state index contributed by atoms with van der Waals surface area (Å²) < 4.78 is 0. The van der Waals surface area contributed by atoms with Crippen molar-refractivity contribution in [2.75, 3.05) is 11.9 Å². The SMILES string of the molecule is O=C(CCNC(=O)Nc1ccc(-c2ccn[nH]2)cc1)NC1CCCCC1. The Balaban J connectivity index is 1.36. The van der Waals surface area contributed by atoms with Crippen molar-refractivity contribution in [1.29, 1.82) is 0 Å². The Bertz CT molecular complexity index is 706. The molecule has 1 aromatic heterocycles. The van der Waals surface area contributed by atoms with E-state index in [9.17, 15) is 9.59 Å². The van der Waals surface area contributed by atoms with E-state index in [1.807, 2.05) is 30.3 Å². The van der Waals surface area contributed by atoms with Crippen LogP contribution in [0.4, 0.5) is 10.5 Å². The zero-order valence-corrected chi connectivity index (χ0v) is 14.8. The number of H-pyrrole nitrogens is 1. The summed E-state index contributed by atoms with van der Waals surface area (Å²) in [5.41, 5.74) is 2.61. The van der Waals surface area contributed by atoms with E-state index in [0.717, 1.165) is 24.1 Å². The maximum atomic E-state index is 11.9. The Hall–Kier alpha value is -2.83. The lowest BCUT2D eigenvalue weighted by Crippen LogP contribution is -2.38. The van der Waals surface area contributed by atoms with Crippen molar-refractivity contribution in [2.24, 2.45) is 0 Å². The van der Waals surface area contributed by atoms with E-state index in [4.69, 9.17) is 0 Å². The van der Waals surface area contributed by atoms with Gasteiger partial charge in [0, 0.05) is 30.9 Å². The minimum Gasteiger partial charge on any atom is -0.353 e. The second-order valence-electron chi connectivity index (χ2n) is 6.58. The first-order valence-electron chi connectivity index (χ1n) is 9.15. The molecule has 0 atom stereocenters. The summed E-state index contributed by atoms with van der Waals surface area (Å²) in [5.74, 6) is 0.00103. The number of urea groups is 1. The van der Waals surface area contributed by atoms with Crippen molar-refractivity contribution in [1.82, 2.24) is 20.8 Å². The summed E-state index contributed by atoms with van der Waals surface area (Å²) in [6, 6.07) is 9.33. The Morgan fingerprint density at radius 1 is 1.08 bits per heavy atom. The first-order valence-corrected chi connectivity index (χ1v) is 9.15. The minimum atomic E-state index is -0.315. The fraction of sp³-hybridized carbons (Fsp3) is 0.421. The van der Waals surface area contributed by atoms with Crippen LogP contribution in [0.2, 0.25) is 0 Å². The van der Waals surface area contributed by atoms with Crippen molar-refractivity contribution >= 4 is 17.6 Å². The molecule has 0 spiro atoms. The zero-order chi connectivity index (χ0) is 18.2. The maximum Gasteiger partial charge on any atom is 0.319 e. The number of benzene rings is 1. The van der Waals surface area contributed by atoms with Gasteiger partial charge in [-0.1, -0.05) is 31.4 Å². The second kappa shape index (κ2) is 9.03. The summed E-state index contributed by atoms with van der Waals surface area (Å²) in [6.07, 6.45) is 7.75. The number of aromatic amines is 1. The molecular formula is C19H25N5O2. The predicted octanol–water partition coefficient (Wildman–Crippen LogP) is 3.04. The van der Waals surface area contributed by atoms with Gasteiger partial charge in [0.1, 0.15) is 0 Å². The van der Waals surface area contributed by atoms with Gasteiger partial charge in [-0.25, -0.2) is 4.79 Å². The van der Waals surface area contributed by atoms with Gasteiger partial charge in [-0.2, -0.15) is 5.10 Å². The lowest BCUT2D eigenvalue weighted by atomic mass is 9.95. The number of carbonyl (C=O) groups is 2. The third-order valence-electron chi connectivity index (χ3n) is 4.56. The molecule has 0 saturated heterocycles. The summed E-state index contributed by atoms with van der Waals surface area (Å²) in [7, 11) is 0. The molecule has 0 radical (unpaired) electrons. The lowest BCUT2D eigenvalue weighted by Gasteiger charge is -2.22. The van der Waals surface area contributed by atoms with Gasteiger partial charge in [0.15, 0.2) is 0 Å². The zero-order valence-electron chi connectivity index (χ0n) is 14.8. The van der Waals surface area contributed by atoms with E-state index in [1.165, 1.54) is 19.3 Å². The van der Waals surface area contributed by atoms with Crippen LogP contribution in [0.1, 0.15) is 38.5 Å². The molecule has 1 aliphatic carbocycles. The number of amides is 3.